The summed E-state index contributed by atoms with van der Waals surface area (Å²) in [6, 6.07) is 21.9. The van der Waals surface area contributed by atoms with E-state index in [1.165, 1.54) is 6.33 Å². The number of nitrogens with zero attached hydrogens (tertiary/aromatic N) is 2. The average molecular weight is 386 g/mol. The first-order chi connectivity index (χ1) is 14.3. The molecule has 0 aliphatic heterocycles. The van der Waals surface area contributed by atoms with Crippen LogP contribution in [0.5, 0.6) is 11.5 Å². The highest BCUT2D eigenvalue weighted by atomic mass is 16.5. The number of rotatable bonds is 7. The fraction of sp³-hybridized carbons (Fsp3) is 0.0455. The third-order valence-corrected chi connectivity index (χ3v) is 4.01. The Kier molecular flexibility index (Phi) is 5.48. The Morgan fingerprint density at radius 1 is 0.931 bits per heavy atom. The van der Waals surface area contributed by atoms with Crippen molar-refractivity contribution in [3.05, 3.63) is 96.8 Å². The van der Waals surface area contributed by atoms with Crippen molar-refractivity contribution in [3.63, 3.8) is 0 Å². The van der Waals surface area contributed by atoms with Crippen LogP contribution >= 0.6 is 0 Å². The largest absolute Gasteiger partial charge is 0.467 e. The maximum absolute atomic E-state index is 12.5. The minimum Gasteiger partial charge on any atom is -0.467 e. The predicted octanol–water partition coefficient (Wildman–Crippen LogP) is 4.73. The molecule has 0 fully saturated rings. The number of hydrogen-bond donors (Lipinski definition) is 2. The van der Waals surface area contributed by atoms with Crippen LogP contribution in [0.4, 0.5) is 11.5 Å². The van der Waals surface area contributed by atoms with E-state index in [1.54, 1.807) is 36.6 Å². The number of aromatic nitrogens is 2. The van der Waals surface area contributed by atoms with Gasteiger partial charge in [-0.05, 0) is 48.5 Å². The Hall–Kier alpha value is -4.13. The summed E-state index contributed by atoms with van der Waals surface area (Å²) in [4.78, 5) is 20.7. The molecule has 2 aromatic heterocycles. The van der Waals surface area contributed by atoms with Gasteiger partial charge in [0.15, 0.2) is 0 Å². The van der Waals surface area contributed by atoms with E-state index in [-0.39, 0.29) is 11.6 Å². The molecular weight excluding hydrogens is 368 g/mol. The molecule has 2 N–H and O–H groups in total. The quantitative estimate of drug-likeness (QED) is 0.477. The predicted molar refractivity (Wildman–Crippen MR) is 109 cm³/mol. The molecule has 0 atom stereocenters. The van der Waals surface area contributed by atoms with Crippen LogP contribution < -0.4 is 15.4 Å². The zero-order valence-electron chi connectivity index (χ0n) is 15.4. The van der Waals surface area contributed by atoms with E-state index in [9.17, 15) is 4.79 Å². The lowest BCUT2D eigenvalue weighted by molar-refractivity contribution is 0.102. The van der Waals surface area contributed by atoms with E-state index in [2.05, 4.69) is 20.6 Å². The fourth-order valence-corrected chi connectivity index (χ4v) is 2.60. The summed E-state index contributed by atoms with van der Waals surface area (Å²) in [6.07, 6.45) is 2.95. The number of hydrogen-bond acceptors (Lipinski definition) is 6. The van der Waals surface area contributed by atoms with Gasteiger partial charge in [0.05, 0.1) is 12.8 Å². The van der Waals surface area contributed by atoms with Crippen LogP contribution in [0.2, 0.25) is 0 Å². The molecule has 0 aliphatic rings. The summed E-state index contributed by atoms with van der Waals surface area (Å²) in [5.74, 6) is 2.41. The number of ether oxygens (including phenoxy) is 1. The highest BCUT2D eigenvalue weighted by Crippen LogP contribution is 2.22. The Morgan fingerprint density at radius 2 is 1.72 bits per heavy atom. The van der Waals surface area contributed by atoms with Crippen molar-refractivity contribution in [1.82, 2.24) is 9.97 Å². The Labute approximate surface area is 167 Å². The molecule has 1 amide bonds. The van der Waals surface area contributed by atoms with Crippen LogP contribution in [0.15, 0.2) is 89.8 Å². The average Bonchev–Trinajstić information content (AvgIpc) is 3.28. The Balaban J connectivity index is 1.36. The highest BCUT2D eigenvalue weighted by Gasteiger charge is 2.10. The molecule has 144 valence electrons. The number of furan rings is 1. The molecule has 0 bridgehead atoms. The van der Waals surface area contributed by atoms with Gasteiger partial charge in [-0.3, -0.25) is 4.79 Å². The first-order valence-corrected chi connectivity index (χ1v) is 8.99. The van der Waals surface area contributed by atoms with E-state index in [0.717, 1.165) is 11.5 Å². The van der Waals surface area contributed by atoms with Crippen LogP contribution in [0.1, 0.15) is 16.2 Å². The molecule has 0 spiro atoms. The molecule has 0 radical (unpaired) electrons. The van der Waals surface area contributed by atoms with Gasteiger partial charge in [-0.2, -0.15) is 0 Å². The first-order valence-electron chi connectivity index (χ1n) is 8.99. The summed E-state index contributed by atoms with van der Waals surface area (Å²) in [5.41, 5.74) is 0.894. The summed E-state index contributed by atoms with van der Waals surface area (Å²) in [6.45, 7) is 0.466. The molecule has 0 unspecified atom stereocenters. The van der Waals surface area contributed by atoms with Crippen molar-refractivity contribution in [2.45, 2.75) is 6.54 Å². The van der Waals surface area contributed by atoms with E-state index in [4.69, 9.17) is 9.15 Å². The zero-order valence-corrected chi connectivity index (χ0v) is 15.4. The van der Waals surface area contributed by atoms with E-state index < -0.39 is 0 Å². The van der Waals surface area contributed by atoms with Crippen molar-refractivity contribution in [2.75, 3.05) is 10.6 Å². The van der Waals surface area contributed by atoms with Gasteiger partial charge in [0.2, 0.25) is 0 Å². The first kappa shape index (κ1) is 18.2. The third-order valence-electron chi connectivity index (χ3n) is 4.01. The SMILES string of the molecule is O=C(Nc1ccc(Oc2ccccc2)cc1)c1cc(NCc2ccco2)ncn1. The number of carbonyl (C=O) groups excluding carboxylic acids is 1. The molecule has 29 heavy (non-hydrogen) atoms. The van der Waals surface area contributed by atoms with Crippen molar-refractivity contribution < 1.29 is 13.9 Å². The van der Waals surface area contributed by atoms with Gasteiger partial charge in [0.1, 0.15) is 35.1 Å². The number of para-hydroxylation sites is 1. The maximum Gasteiger partial charge on any atom is 0.274 e. The number of anilines is 2. The molecule has 7 nitrogen and oxygen atoms in total. The lowest BCUT2D eigenvalue weighted by atomic mass is 10.2. The molecule has 2 aromatic carbocycles. The standard InChI is InChI=1S/C22H18N4O3/c27-22(20-13-21(25-15-24-20)23-14-19-7-4-12-28-19)26-16-8-10-18(11-9-16)29-17-5-2-1-3-6-17/h1-13,15H,14H2,(H,26,27)(H,23,24,25). The van der Waals surface area contributed by atoms with E-state index in [0.29, 0.717) is 23.8 Å². The smallest absolute Gasteiger partial charge is 0.274 e. The molecule has 0 saturated heterocycles. The molecule has 0 aliphatic carbocycles. The minimum atomic E-state index is -0.329. The number of amides is 1. The van der Waals surface area contributed by atoms with Crippen LogP contribution in [-0.2, 0) is 6.54 Å². The normalized spacial score (nSPS) is 10.3. The molecule has 7 heteroatoms. The van der Waals surface area contributed by atoms with Gasteiger partial charge < -0.3 is 19.8 Å². The summed E-state index contributed by atoms with van der Waals surface area (Å²) < 4.78 is 11.0. The van der Waals surface area contributed by atoms with Gasteiger partial charge >= 0.3 is 0 Å². The van der Waals surface area contributed by atoms with E-state index >= 15 is 0 Å². The summed E-state index contributed by atoms with van der Waals surface area (Å²) in [7, 11) is 0. The number of nitrogens with one attached hydrogen (secondary N) is 2. The second-order valence-electron chi connectivity index (χ2n) is 6.12. The van der Waals surface area contributed by atoms with Crippen molar-refractivity contribution >= 4 is 17.4 Å². The van der Waals surface area contributed by atoms with Gasteiger partial charge in [-0.25, -0.2) is 9.97 Å². The molecule has 2 heterocycles. The van der Waals surface area contributed by atoms with Crippen LogP contribution in [0.25, 0.3) is 0 Å². The van der Waals surface area contributed by atoms with Crippen LogP contribution in [0, 0.1) is 0 Å². The minimum absolute atomic E-state index is 0.256. The van der Waals surface area contributed by atoms with Crippen LogP contribution in [0.3, 0.4) is 0 Å². The van der Waals surface area contributed by atoms with Gasteiger partial charge in [-0.1, -0.05) is 18.2 Å². The monoisotopic (exact) mass is 386 g/mol. The zero-order chi connectivity index (χ0) is 19.9. The lowest BCUT2D eigenvalue weighted by Crippen LogP contribution is -2.14. The molecule has 4 aromatic rings. The van der Waals surface area contributed by atoms with Crippen molar-refractivity contribution in [3.8, 4) is 11.5 Å². The van der Waals surface area contributed by atoms with Gasteiger partial charge in [0.25, 0.3) is 5.91 Å². The second-order valence-corrected chi connectivity index (χ2v) is 6.12. The van der Waals surface area contributed by atoms with Crippen molar-refractivity contribution in [2.24, 2.45) is 0 Å². The van der Waals surface area contributed by atoms with Gasteiger partial charge in [-0.15, -0.1) is 0 Å². The second kappa shape index (κ2) is 8.71. The topological polar surface area (TPSA) is 89.3 Å². The number of carbonyl (C=O) groups is 1. The Morgan fingerprint density at radius 3 is 2.48 bits per heavy atom. The third kappa shape index (κ3) is 4.98. The summed E-state index contributed by atoms with van der Waals surface area (Å²) >= 11 is 0. The summed E-state index contributed by atoms with van der Waals surface area (Å²) in [5, 5.41) is 5.91. The molecular formula is C22H18N4O3. The maximum atomic E-state index is 12.5. The highest BCUT2D eigenvalue weighted by molar-refractivity contribution is 6.03. The Bertz CT molecular complexity index is 1060. The van der Waals surface area contributed by atoms with Gasteiger partial charge in [0, 0.05) is 11.8 Å². The molecule has 4 rings (SSSR count). The number of benzene rings is 2. The van der Waals surface area contributed by atoms with Crippen LogP contribution in [-0.4, -0.2) is 15.9 Å². The van der Waals surface area contributed by atoms with Crippen molar-refractivity contribution in [1.29, 1.82) is 0 Å². The van der Waals surface area contributed by atoms with E-state index in [1.807, 2.05) is 42.5 Å². The molecule has 0 saturated carbocycles. The lowest BCUT2D eigenvalue weighted by Gasteiger charge is -2.09. The fourth-order valence-electron chi connectivity index (χ4n) is 2.60.